The average molecular weight is 323 g/mol. The van der Waals surface area contributed by atoms with E-state index >= 15 is 0 Å². The lowest BCUT2D eigenvalue weighted by Crippen LogP contribution is -2.15. The SMILES string of the molecule is Cc1cnc(Cl)c(-c2cc(C#N)c3ncccc3c2)c1C(N)=O. The molecule has 0 aliphatic carbocycles. The molecule has 0 bridgehead atoms. The van der Waals surface area contributed by atoms with Crippen LogP contribution in [0.25, 0.3) is 22.0 Å². The van der Waals surface area contributed by atoms with Gasteiger partial charge in [-0.05, 0) is 36.2 Å². The van der Waals surface area contributed by atoms with E-state index in [1.807, 2.05) is 12.1 Å². The highest BCUT2D eigenvalue weighted by Crippen LogP contribution is 2.34. The van der Waals surface area contributed by atoms with Gasteiger partial charge in [0.2, 0.25) is 5.91 Å². The highest BCUT2D eigenvalue weighted by molar-refractivity contribution is 6.33. The zero-order valence-electron chi connectivity index (χ0n) is 12.2. The fourth-order valence-electron chi connectivity index (χ4n) is 2.59. The van der Waals surface area contributed by atoms with Crippen molar-refractivity contribution in [2.45, 2.75) is 6.92 Å². The number of hydrogen-bond acceptors (Lipinski definition) is 4. The molecule has 6 heteroatoms. The predicted octanol–water partition coefficient (Wildman–Crippen LogP) is 3.23. The Hall–Kier alpha value is -2.97. The van der Waals surface area contributed by atoms with Crippen molar-refractivity contribution in [3.63, 3.8) is 0 Å². The molecule has 1 amide bonds. The van der Waals surface area contributed by atoms with Crippen LogP contribution in [0, 0.1) is 18.3 Å². The number of aryl methyl sites for hydroxylation is 1. The number of pyridine rings is 2. The fraction of sp³-hybridized carbons (Fsp3) is 0.0588. The lowest BCUT2D eigenvalue weighted by atomic mass is 9.95. The van der Waals surface area contributed by atoms with Gasteiger partial charge in [-0.25, -0.2) is 4.98 Å². The molecule has 0 atom stereocenters. The minimum absolute atomic E-state index is 0.163. The summed E-state index contributed by atoms with van der Waals surface area (Å²) in [7, 11) is 0. The summed E-state index contributed by atoms with van der Waals surface area (Å²) in [6.07, 6.45) is 3.12. The first-order valence-electron chi connectivity index (χ1n) is 6.77. The maximum absolute atomic E-state index is 11.8. The van der Waals surface area contributed by atoms with Crippen LogP contribution in [0.2, 0.25) is 5.15 Å². The molecule has 0 unspecified atom stereocenters. The predicted molar refractivity (Wildman–Crippen MR) is 88.0 cm³/mol. The number of nitrogens with zero attached hydrogens (tertiary/aromatic N) is 3. The molecule has 1 aromatic carbocycles. The molecule has 0 aliphatic heterocycles. The van der Waals surface area contributed by atoms with Crippen LogP contribution in [-0.2, 0) is 0 Å². The number of hydrogen-bond donors (Lipinski definition) is 1. The molecule has 0 spiro atoms. The van der Waals surface area contributed by atoms with Gasteiger partial charge < -0.3 is 5.73 Å². The summed E-state index contributed by atoms with van der Waals surface area (Å²) in [4.78, 5) is 20.2. The van der Waals surface area contributed by atoms with Gasteiger partial charge in [0.15, 0.2) is 0 Å². The maximum atomic E-state index is 11.8. The second kappa shape index (κ2) is 5.67. The number of benzene rings is 1. The van der Waals surface area contributed by atoms with Crippen molar-refractivity contribution in [1.82, 2.24) is 9.97 Å². The maximum Gasteiger partial charge on any atom is 0.249 e. The van der Waals surface area contributed by atoms with Crippen LogP contribution >= 0.6 is 11.6 Å². The van der Waals surface area contributed by atoms with Crippen LogP contribution in [0.5, 0.6) is 0 Å². The minimum atomic E-state index is -0.591. The Morgan fingerprint density at radius 3 is 2.83 bits per heavy atom. The number of nitrogens with two attached hydrogens (primary N) is 1. The van der Waals surface area contributed by atoms with Crippen molar-refractivity contribution >= 4 is 28.4 Å². The van der Waals surface area contributed by atoms with Gasteiger partial charge in [0.05, 0.1) is 16.6 Å². The van der Waals surface area contributed by atoms with Gasteiger partial charge in [0, 0.05) is 23.3 Å². The lowest BCUT2D eigenvalue weighted by Gasteiger charge is -2.12. The molecule has 2 aromatic heterocycles. The van der Waals surface area contributed by atoms with Crippen LogP contribution in [-0.4, -0.2) is 15.9 Å². The Labute approximate surface area is 137 Å². The Balaban J connectivity index is 2.41. The molecular formula is C17H11ClN4O. The van der Waals surface area contributed by atoms with E-state index in [1.165, 1.54) is 6.20 Å². The van der Waals surface area contributed by atoms with Crippen LogP contribution < -0.4 is 5.73 Å². The van der Waals surface area contributed by atoms with E-state index in [0.717, 1.165) is 5.39 Å². The largest absolute Gasteiger partial charge is 0.366 e. The van der Waals surface area contributed by atoms with Gasteiger partial charge in [-0.15, -0.1) is 0 Å². The Morgan fingerprint density at radius 1 is 1.35 bits per heavy atom. The number of rotatable bonds is 2. The van der Waals surface area contributed by atoms with Gasteiger partial charge in [0.1, 0.15) is 11.2 Å². The van der Waals surface area contributed by atoms with E-state index in [1.54, 1.807) is 25.3 Å². The Morgan fingerprint density at radius 2 is 2.13 bits per heavy atom. The lowest BCUT2D eigenvalue weighted by molar-refractivity contribution is 0.1000. The number of halogens is 1. The van der Waals surface area contributed by atoms with E-state index in [-0.39, 0.29) is 5.15 Å². The molecule has 0 saturated carbocycles. The number of carbonyl (C=O) groups excluding carboxylic acids is 1. The number of nitriles is 1. The highest BCUT2D eigenvalue weighted by Gasteiger charge is 2.19. The summed E-state index contributed by atoms with van der Waals surface area (Å²) in [5.74, 6) is -0.591. The van der Waals surface area contributed by atoms with Gasteiger partial charge in [0.25, 0.3) is 0 Å². The molecule has 23 heavy (non-hydrogen) atoms. The molecular weight excluding hydrogens is 312 g/mol. The third-order valence-electron chi connectivity index (χ3n) is 3.58. The van der Waals surface area contributed by atoms with Crippen molar-refractivity contribution in [2.75, 3.05) is 0 Å². The molecule has 112 valence electrons. The van der Waals surface area contributed by atoms with Crippen LogP contribution in [0.3, 0.4) is 0 Å². The summed E-state index contributed by atoms with van der Waals surface area (Å²) >= 11 is 6.21. The first-order valence-corrected chi connectivity index (χ1v) is 7.15. The average Bonchev–Trinajstić information content (AvgIpc) is 2.55. The van der Waals surface area contributed by atoms with Crippen molar-refractivity contribution in [2.24, 2.45) is 5.73 Å². The van der Waals surface area contributed by atoms with Crippen LogP contribution in [0.15, 0.2) is 36.7 Å². The molecule has 3 aromatic rings. The number of amides is 1. The van der Waals surface area contributed by atoms with E-state index in [4.69, 9.17) is 17.3 Å². The standard InChI is InChI=1S/C17H11ClN4O/c1-9-8-22-16(18)14(13(9)17(20)23)11-5-10-3-2-4-21-15(10)12(6-11)7-19/h2-6,8H,1H3,(H2,20,23). The fourth-order valence-corrected chi connectivity index (χ4v) is 2.84. The topological polar surface area (TPSA) is 92.7 Å². The van der Waals surface area contributed by atoms with E-state index in [0.29, 0.717) is 33.3 Å². The molecule has 0 radical (unpaired) electrons. The smallest absolute Gasteiger partial charge is 0.249 e. The summed E-state index contributed by atoms with van der Waals surface area (Å²) in [6.45, 7) is 1.74. The summed E-state index contributed by atoms with van der Waals surface area (Å²) in [6, 6.07) is 9.20. The molecule has 0 fully saturated rings. The normalized spacial score (nSPS) is 10.5. The van der Waals surface area contributed by atoms with Gasteiger partial charge in [-0.1, -0.05) is 17.7 Å². The molecule has 2 heterocycles. The van der Waals surface area contributed by atoms with E-state index in [9.17, 15) is 10.1 Å². The quantitative estimate of drug-likeness (QED) is 0.733. The zero-order chi connectivity index (χ0) is 16.6. The molecule has 2 N–H and O–H groups in total. The minimum Gasteiger partial charge on any atom is -0.366 e. The highest BCUT2D eigenvalue weighted by atomic mass is 35.5. The first-order chi connectivity index (χ1) is 11.0. The second-order valence-corrected chi connectivity index (χ2v) is 5.42. The van der Waals surface area contributed by atoms with Crippen molar-refractivity contribution in [3.8, 4) is 17.2 Å². The Kier molecular flexibility index (Phi) is 3.68. The van der Waals surface area contributed by atoms with Gasteiger partial charge in [-0.3, -0.25) is 9.78 Å². The van der Waals surface area contributed by atoms with E-state index in [2.05, 4.69) is 16.0 Å². The summed E-state index contributed by atoms with van der Waals surface area (Å²) in [5.41, 5.74) is 8.46. The first kappa shape index (κ1) is 14.9. The third-order valence-corrected chi connectivity index (χ3v) is 3.87. The number of fused-ring (bicyclic) bond motifs is 1. The zero-order valence-corrected chi connectivity index (χ0v) is 12.9. The molecule has 3 rings (SSSR count). The van der Waals surface area contributed by atoms with Crippen molar-refractivity contribution in [3.05, 3.63) is 58.5 Å². The van der Waals surface area contributed by atoms with Gasteiger partial charge >= 0.3 is 0 Å². The number of primary amides is 1. The van der Waals surface area contributed by atoms with Crippen molar-refractivity contribution in [1.29, 1.82) is 5.26 Å². The molecule has 0 aliphatic rings. The van der Waals surface area contributed by atoms with E-state index < -0.39 is 5.91 Å². The summed E-state index contributed by atoms with van der Waals surface area (Å²) in [5, 5.41) is 10.3. The van der Waals surface area contributed by atoms with Crippen LogP contribution in [0.4, 0.5) is 0 Å². The monoisotopic (exact) mass is 322 g/mol. The summed E-state index contributed by atoms with van der Waals surface area (Å²) < 4.78 is 0. The Bertz CT molecular complexity index is 992. The molecule has 5 nitrogen and oxygen atoms in total. The van der Waals surface area contributed by atoms with Crippen molar-refractivity contribution < 1.29 is 4.79 Å². The number of carbonyl (C=O) groups is 1. The third kappa shape index (κ3) is 2.50. The number of aromatic nitrogens is 2. The van der Waals surface area contributed by atoms with Gasteiger partial charge in [-0.2, -0.15) is 5.26 Å². The molecule has 0 saturated heterocycles. The van der Waals surface area contributed by atoms with Crippen LogP contribution in [0.1, 0.15) is 21.5 Å². The second-order valence-electron chi connectivity index (χ2n) is 5.06.